The van der Waals surface area contributed by atoms with E-state index in [1.54, 1.807) is 18.4 Å². The van der Waals surface area contributed by atoms with E-state index in [1.165, 1.54) is 16.0 Å². The lowest BCUT2D eigenvalue weighted by Gasteiger charge is -2.33. The maximum Gasteiger partial charge on any atom is 0.271 e. The Bertz CT molecular complexity index is 1200. The van der Waals surface area contributed by atoms with Gasteiger partial charge in [0.15, 0.2) is 11.5 Å². The van der Waals surface area contributed by atoms with Gasteiger partial charge in [0.05, 0.1) is 18.9 Å². The molecule has 0 bridgehead atoms. The van der Waals surface area contributed by atoms with E-state index in [4.69, 9.17) is 9.47 Å². The van der Waals surface area contributed by atoms with E-state index in [1.807, 2.05) is 18.7 Å². The number of carbonyl (C=O) groups is 1. The summed E-state index contributed by atoms with van der Waals surface area (Å²) in [5, 5.41) is 2.11. The average molecular weight is 451 g/mol. The van der Waals surface area contributed by atoms with Crippen LogP contribution in [0, 0.1) is 0 Å². The van der Waals surface area contributed by atoms with Gasteiger partial charge in [0.25, 0.3) is 5.91 Å². The van der Waals surface area contributed by atoms with E-state index in [2.05, 4.69) is 55.0 Å². The molecule has 1 amide bonds. The summed E-state index contributed by atoms with van der Waals surface area (Å²) >= 11 is 1.73. The number of thiophene rings is 1. The summed E-state index contributed by atoms with van der Waals surface area (Å²) in [7, 11) is 1.69. The lowest BCUT2D eigenvalue weighted by Crippen LogP contribution is -2.42. The van der Waals surface area contributed by atoms with Crippen LogP contribution < -0.4 is 9.47 Å². The summed E-state index contributed by atoms with van der Waals surface area (Å²) in [4.78, 5) is 16.8. The number of carbonyl (C=O) groups excluding carboxylic acids is 1. The van der Waals surface area contributed by atoms with Gasteiger partial charge >= 0.3 is 0 Å². The molecule has 0 saturated carbocycles. The van der Waals surface area contributed by atoms with Crippen LogP contribution in [0.2, 0.25) is 0 Å². The normalized spacial score (nSPS) is 15.1. The summed E-state index contributed by atoms with van der Waals surface area (Å²) in [5.74, 6) is 1.64. The van der Waals surface area contributed by atoms with Crippen molar-refractivity contribution >= 4 is 17.2 Å². The number of hydrogen-bond donors (Lipinski definition) is 0. The van der Waals surface area contributed by atoms with Gasteiger partial charge < -0.3 is 18.9 Å². The molecular formula is C26H30N2O3S. The Hall–Kier alpha value is -2.73. The molecule has 2 aliphatic heterocycles. The van der Waals surface area contributed by atoms with Crippen molar-refractivity contribution in [2.75, 3.05) is 7.11 Å². The molecule has 0 saturated heterocycles. The second-order valence-corrected chi connectivity index (χ2v) is 10.8. The Balaban J connectivity index is 1.77. The monoisotopic (exact) mass is 450 g/mol. The van der Waals surface area contributed by atoms with Gasteiger partial charge in [-0.1, -0.05) is 6.07 Å². The van der Waals surface area contributed by atoms with Gasteiger partial charge in [-0.2, -0.15) is 0 Å². The largest absolute Gasteiger partial charge is 0.493 e. The Labute approximate surface area is 193 Å². The molecule has 0 unspecified atom stereocenters. The zero-order valence-corrected chi connectivity index (χ0v) is 20.4. The van der Waals surface area contributed by atoms with Crippen LogP contribution in [-0.4, -0.2) is 34.1 Å². The van der Waals surface area contributed by atoms with Gasteiger partial charge in [-0.25, -0.2) is 0 Å². The lowest BCUT2D eigenvalue weighted by atomic mass is 9.94. The van der Waals surface area contributed by atoms with Crippen molar-refractivity contribution in [3.8, 4) is 33.2 Å². The topological polar surface area (TPSA) is 43.7 Å². The van der Waals surface area contributed by atoms with E-state index in [0.717, 1.165) is 47.0 Å². The summed E-state index contributed by atoms with van der Waals surface area (Å²) < 4.78 is 14.0. The van der Waals surface area contributed by atoms with Crippen LogP contribution in [0.15, 0.2) is 29.6 Å². The molecule has 0 spiro atoms. The Morgan fingerprint density at radius 1 is 1.12 bits per heavy atom. The summed E-state index contributed by atoms with van der Waals surface area (Å²) in [6.45, 7) is 11.8. The molecule has 0 atom stereocenters. The van der Waals surface area contributed by atoms with Crippen LogP contribution in [0.4, 0.5) is 0 Å². The number of nitrogens with zero attached hydrogens (tertiary/aromatic N) is 2. The standard InChI is InChI=1S/C26H30N2O3S/c1-15(2)31-20-13-17-16(12-19(20)30-6)9-10-27-23(17)22(21-8-7-11-32-21)18-14-28(26(3,4)5)25(29)24(18)27/h7-8,11-13,15H,9-10,14H2,1-6H3. The van der Waals surface area contributed by atoms with Gasteiger partial charge in [0, 0.05) is 40.2 Å². The predicted molar refractivity (Wildman–Crippen MR) is 129 cm³/mol. The zero-order valence-electron chi connectivity index (χ0n) is 19.6. The van der Waals surface area contributed by atoms with Crippen LogP contribution >= 0.6 is 11.3 Å². The summed E-state index contributed by atoms with van der Waals surface area (Å²) in [6.07, 6.45) is 0.898. The first-order chi connectivity index (χ1) is 15.2. The molecule has 2 aliphatic rings. The van der Waals surface area contributed by atoms with Crippen molar-refractivity contribution in [3.63, 3.8) is 0 Å². The summed E-state index contributed by atoms with van der Waals surface area (Å²) in [5.41, 5.74) is 6.49. The molecule has 0 radical (unpaired) electrons. The quantitative estimate of drug-likeness (QED) is 0.490. The molecule has 0 fully saturated rings. The first kappa shape index (κ1) is 21.1. The van der Waals surface area contributed by atoms with Gasteiger partial charge in [0.1, 0.15) is 5.69 Å². The molecule has 3 aromatic rings. The minimum atomic E-state index is -0.221. The molecule has 5 rings (SSSR count). The van der Waals surface area contributed by atoms with Crippen LogP contribution in [0.5, 0.6) is 11.5 Å². The van der Waals surface area contributed by atoms with Crippen LogP contribution in [0.3, 0.4) is 0 Å². The van der Waals surface area contributed by atoms with E-state index in [-0.39, 0.29) is 17.6 Å². The average Bonchev–Trinajstić information content (AvgIpc) is 3.42. The van der Waals surface area contributed by atoms with Crippen LogP contribution in [0.25, 0.3) is 21.7 Å². The van der Waals surface area contributed by atoms with Crippen molar-refractivity contribution in [3.05, 3.63) is 46.5 Å². The number of methoxy groups -OCH3 is 1. The first-order valence-corrected chi connectivity index (χ1v) is 12.1. The highest BCUT2D eigenvalue weighted by Gasteiger charge is 2.42. The maximum atomic E-state index is 13.6. The predicted octanol–water partition coefficient (Wildman–Crippen LogP) is 5.99. The molecular weight excluding hydrogens is 420 g/mol. The number of ether oxygens (including phenoxy) is 2. The molecule has 0 N–H and O–H groups in total. The van der Waals surface area contributed by atoms with Crippen molar-refractivity contribution in [1.82, 2.24) is 9.47 Å². The molecule has 168 valence electrons. The fraction of sp³-hybridized carbons (Fsp3) is 0.423. The van der Waals surface area contributed by atoms with E-state index in [9.17, 15) is 4.79 Å². The SMILES string of the molecule is COc1cc2c(cc1OC(C)C)-c1c(-c3cccs3)c3c(n1CC2)C(=O)N(C(C)(C)C)C3. The number of aromatic nitrogens is 1. The third kappa shape index (κ3) is 3.15. The van der Waals surface area contributed by atoms with Crippen molar-refractivity contribution in [2.45, 2.75) is 65.8 Å². The number of amides is 1. The van der Waals surface area contributed by atoms with Gasteiger partial charge in [-0.05, 0) is 70.2 Å². The summed E-state index contributed by atoms with van der Waals surface area (Å²) in [6, 6.07) is 8.46. The van der Waals surface area contributed by atoms with Crippen LogP contribution in [0.1, 0.15) is 56.2 Å². The molecule has 1 aromatic carbocycles. The molecule has 6 heteroatoms. The Morgan fingerprint density at radius 3 is 2.53 bits per heavy atom. The van der Waals surface area contributed by atoms with Crippen molar-refractivity contribution < 1.29 is 14.3 Å². The Kier molecular flexibility index (Phi) is 4.89. The van der Waals surface area contributed by atoms with Gasteiger partial charge in [-0.3, -0.25) is 4.79 Å². The molecule has 4 heterocycles. The maximum absolute atomic E-state index is 13.6. The fourth-order valence-electron chi connectivity index (χ4n) is 4.93. The van der Waals surface area contributed by atoms with Crippen molar-refractivity contribution in [2.24, 2.45) is 0 Å². The number of hydrogen-bond acceptors (Lipinski definition) is 4. The molecule has 0 aliphatic carbocycles. The van der Waals surface area contributed by atoms with Gasteiger partial charge in [-0.15, -0.1) is 11.3 Å². The third-order valence-corrected chi connectivity index (χ3v) is 7.20. The smallest absolute Gasteiger partial charge is 0.271 e. The van der Waals surface area contributed by atoms with E-state index >= 15 is 0 Å². The van der Waals surface area contributed by atoms with E-state index in [0.29, 0.717) is 6.54 Å². The number of aryl methyl sites for hydroxylation is 1. The second-order valence-electron chi connectivity index (χ2n) is 9.82. The van der Waals surface area contributed by atoms with Crippen LogP contribution in [-0.2, 0) is 19.5 Å². The zero-order chi connectivity index (χ0) is 22.8. The second kappa shape index (κ2) is 7.41. The fourth-order valence-corrected chi connectivity index (χ4v) is 5.72. The van der Waals surface area contributed by atoms with Gasteiger partial charge in [0.2, 0.25) is 0 Å². The van der Waals surface area contributed by atoms with Crippen molar-refractivity contribution in [1.29, 1.82) is 0 Å². The number of rotatable bonds is 4. The molecule has 5 nitrogen and oxygen atoms in total. The highest BCUT2D eigenvalue weighted by Crippen LogP contribution is 2.49. The first-order valence-electron chi connectivity index (χ1n) is 11.2. The number of fused-ring (bicyclic) bond motifs is 5. The molecule has 32 heavy (non-hydrogen) atoms. The third-order valence-electron chi connectivity index (χ3n) is 6.32. The minimum absolute atomic E-state index is 0.0426. The minimum Gasteiger partial charge on any atom is -0.493 e. The highest BCUT2D eigenvalue weighted by atomic mass is 32.1. The highest BCUT2D eigenvalue weighted by molar-refractivity contribution is 7.13. The Morgan fingerprint density at radius 2 is 1.91 bits per heavy atom. The molecule has 2 aromatic heterocycles. The lowest BCUT2D eigenvalue weighted by molar-refractivity contribution is 0.0600. The van der Waals surface area contributed by atoms with E-state index < -0.39 is 0 Å². The number of benzene rings is 1.